The molecule has 4 rings (SSSR count). The Kier molecular flexibility index (Phi) is 4.67. The molecule has 0 unspecified atom stereocenters. The molecule has 0 spiro atoms. The lowest BCUT2D eigenvalue weighted by atomic mass is 10.1. The summed E-state index contributed by atoms with van der Waals surface area (Å²) in [5.74, 6) is 0.203. The summed E-state index contributed by atoms with van der Waals surface area (Å²) in [5, 5.41) is 12.4. The van der Waals surface area contributed by atoms with E-state index in [-0.39, 0.29) is 5.89 Å². The third-order valence-electron chi connectivity index (χ3n) is 4.33. The molecule has 140 valence electrons. The van der Waals surface area contributed by atoms with Gasteiger partial charge in [-0.25, -0.2) is 9.48 Å². The fourth-order valence-corrected chi connectivity index (χ4v) is 2.81. The number of carbonyl (C=O) groups excluding carboxylic acids is 1. The number of esters is 1. The minimum atomic E-state index is -0.429. The second-order valence-electron chi connectivity index (χ2n) is 6.16. The number of benzene rings is 2. The fraction of sp³-hybridized carbons (Fsp3) is 0.150. The average molecular weight is 375 g/mol. The molecule has 0 aliphatic carbocycles. The molecule has 28 heavy (non-hydrogen) atoms. The molecule has 8 heteroatoms. The van der Waals surface area contributed by atoms with E-state index in [9.17, 15) is 4.79 Å². The highest BCUT2D eigenvalue weighted by Gasteiger charge is 2.18. The molecule has 0 amide bonds. The van der Waals surface area contributed by atoms with E-state index in [0.29, 0.717) is 29.2 Å². The molecule has 0 radical (unpaired) electrons. The Morgan fingerprint density at radius 1 is 1.14 bits per heavy atom. The normalized spacial score (nSPS) is 10.8. The lowest BCUT2D eigenvalue weighted by Gasteiger charge is -2.02. The number of rotatable bonds is 5. The van der Waals surface area contributed by atoms with Crippen LogP contribution in [0.3, 0.4) is 0 Å². The first kappa shape index (κ1) is 17.6. The number of hydrogen-bond acceptors (Lipinski definition) is 7. The number of nitrogens with zero attached hydrogens (tertiary/aromatic N) is 5. The summed E-state index contributed by atoms with van der Waals surface area (Å²) in [4.78, 5) is 16.1. The van der Waals surface area contributed by atoms with Gasteiger partial charge in [0.05, 0.1) is 24.9 Å². The van der Waals surface area contributed by atoms with Crippen LogP contribution >= 0.6 is 0 Å². The second-order valence-corrected chi connectivity index (χ2v) is 6.16. The van der Waals surface area contributed by atoms with Crippen molar-refractivity contribution in [2.24, 2.45) is 0 Å². The SMILES string of the molecule is COC(=O)c1cccc(-c2nc(-c3nnn(Cc4ccccc4)c3C)no2)c1. The van der Waals surface area contributed by atoms with E-state index in [0.717, 1.165) is 11.3 Å². The minimum Gasteiger partial charge on any atom is -0.465 e. The van der Waals surface area contributed by atoms with E-state index in [1.54, 1.807) is 28.9 Å². The zero-order chi connectivity index (χ0) is 19.5. The van der Waals surface area contributed by atoms with Crippen molar-refractivity contribution >= 4 is 5.97 Å². The molecular weight excluding hydrogens is 358 g/mol. The van der Waals surface area contributed by atoms with Gasteiger partial charge in [-0.05, 0) is 30.7 Å². The molecule has 2 heterocycles. The van der Waals surface area contributed by atoms with E-state index < -0.39 is 5.97 Å². The van der Waals surface area contributed by atoms with Crippen LogP contribution in [0.4, 0.5) is 0 Å². The van der Waals surface area contributed by atoms with E-state index in [4.69, 9.17) is 9.26 Å². The van der Waals surface area contributed by atoms with Crippen LogP contribution in [0.15, 0.2) is 59.1 Å². The summed E-state index contributed by atoms with van der Waals surface area (Å²) in [6.07, 6.45) is 0. The Labute approximate surface area is 160 Å². The van der Waals surface area contributed by atoms with Crippen molar-refractivity contribution in [1.29, 1.82) is 0 Å². The predicted octanol–water partition coefficient (Wildman–Crippen LogP) is 3.14. The summed E-state index contributed by atoms with van der Waals surface area (Å²) >= 11 is 0. The molecule has 0 aliphatic rings. The van der Waals surface area contributed by atoms with Crippen LogP contribution in [0.5, 0.6) is 0 Å². The largest absolute Gasteiger partial charge is 0.465 e. The highest BCUT2D eigenvalue weighted by molar-refractivity contribution is 5.90. The monoisotopic (exact) mass is 375 g/mol. The molecule has 4 aromatic rings. The third kappa shape index (κ3) is 3.39. The molecule has 0 atom stereocenters. The van der Waals surface area contributed by atoms with Gasteiger partial charge in [-0.2, -0.15) is 4.98 Å². The van der Waals surface area contributed by atoms with Gasteiger partial charge < -0.3 is 9.26 Å². The number of carbonyl (C=O) groups is 1. The lowest BCUT2D eigenvalue weighted by Crippen LogP contribution is -2.03. The second kappa shape index (κ2) is 7.43. The predicted molar refractivity (Wildman–Crippen MR) is 100 cm³/mol. The van der Waals surface area contributed by atoms with E-state index in [1.807, 2.05) is 37.3 Å². The van der Waals surface area contributed by atoms with Crippen molar-refractivity contribution in [2.75, 3.05) is 7.11 Å². The molecule has 2 aromatic carbocycles. The Hall–Kier alpha value is -3.81. The minimum absolute atomic E-state index is 0.290. The molecular formula is C20H17N5O3. The van der Waals surface area contributed by atoms with Gasteiger partial charge in [0.2, 0.25) is 5.82 Å². The molecule has 2 aromatic heterocycles. The van der Waals surface area contributed by atoms with Crippen molar-refractivity contribution in [3.8, 4) is 23.0 Å². The van der Waals surface area contributed by atoms with E-state index >= 15 is 0 Å². The topological polar surface area (TPSA) is 95.9 Å². The molecule has 8 nitrogen and oxygen atoms in total. The van der Waals surface area contributed by atoms with Crippen LogP contribution in [0, 0.1) is 6.92 Å². The van der Waals surface area contributed by atoms with E-state index in [2.05, 4.69) is 20.5 Å². The van der Waals surface area contributed by atoms with Crippen LogP contribution in [0.25, 0.3) is 23.0 Å². The zero-order valence-electron chi connectivity index (χ0n) is 15.4. The van der Waals surface area contributed by atoms with Crippen LogP contribution in [0.2, 0.25) is 0 Å². The van der Waals surface area contributed by atoms with Crippen molar-refractivity contribution < 1.29 is 14.1 Å². The van der Waals surface area contributed by atoms with Crippen LogP contribution in [0.1, 0.15) is 21.6 Å². The molecule has 0 saturated carbocycles. The maximum absolute atomic E-state index is 11.7. The quantitative estimate of drug-likeness (QED) is 0.494. The summed E-state index contributed by atoms with van der Waals surface area (Å²) in [5.41, 5.74) is 3.53. The van der Waals surface area contributed by atoms with Crippen LogP contribution < -0.4 is 0 Å². The van der Waals surface area contributed by atoms with Gasteiger partial charge in [-0.3, -0.25) is 0 Å². The third-order valence-corrected chi connectivity index (χ3v) is 4.33. The van der Waals surface area contributed by atoms with Gasteiger partial charge in [0.15, 0.2) is 5.69 Å². The number of hydrogen-bond donors (Lipinski definition) is 0. The Morgan fingerprint density at radius 3 is 2.75 bits per heavy atom. The summed E-state index contributed by atoms with van der Waals surface area (Å²) in [6.45, 7) is 2.51. The number of aromatic nitrogens is 5. The molecule has 0 aliphatic heterocycles. The Morgan fingerprint density at radius 2 is 1.96 bits per heavy atom. The van der Waals surface area contributed by atoms with E-state index in [1.165, 1.54) is 7.11 Å². The van der Waals surface area contributed by atoms with Gasteiger partial charge >= 0.3 is 5.97 Å². The molecule has 0 saturated heterocycles. The molecule has 0 bridgehead atoms. The smallest absolute Gasteiger partial charge is 0.337 e. The molecule has 0 N–H and O–H groups in total. The van der Waals surface area contributed by atoms with Gasteiger partial charge in [-0.15, -0.1) is 5.10 Å². The summed E-state index contributed by atoms with van der Waals surface area (Å²) in [6, 6.07) is 16.8. The van der Waals surface area contributed by atoms with Crippen molar-refractivity contribution in [1.82, 2.24) is 25.1 Å². The zero-order valence-corrected chi connectivity index (χ0v) is 15.4. The van der Waals surface area contributed by atoms with Gasteiger partial charge in [0.25, 0.3) is 5.89 Å². The number of methoxy groups -OCH3 is 1. The van der Waals surface area contributed by atoms with Crippen molar-refractivity contribution in [2.45, 2.75) is 13.5 Å². The lowest BCUT2D eigenvalue weighted by molar-refractivity contribution is 0.0601. The summed E-state index contributed by atoms with van der Waals surface area (Å²) < 4.78 is 11.9. The first-order valence-electron chi connectivity index (χ1n) is 8.62. The maximum Gasteiger partial charge on any atom is 0.337 e. The molecule has 0 fully saturated rings. The average Bonchev–Trinajstić information content (AvgIpc) is 3.36. The highest BCUT2D eigenvalue weighted by Crippen LogP contribution is 2.24. The van der Waals surface area contributed by atoms with Gasteiger partial charge in [0.1, 0.15) is 0 Å². The first-order chi connectivity index (χ1) is 13.7. The number of ether oxygens (including phenoxy) is 1. The maximum atomic E-state index is 11.7. The van der Waals surface area contributed by atoms with Crippen molar-refractivity contribution in [3.05, 3.63) is 71.4 Å². The van der Waals surface area contributed by atoms with Gasteiger partial charge in [0, 0.05) is 5.56 Å². The van der Waals surface area contributed by atoms with Crippen molar-refractivity contribution in [3.63, 3.8) is 0 Å². The van der Waals surface area contributed by atoms with Crippen LogP contribution in [-0.4, -0.2) is 38.2 Å². The standard InChI is InChI=1S/C20H17N5O3/c1-13-17(22-24-25(13)12-14-7-4-3-5-8-14)18-21-19(28-23-18)15-9-6-10-16(11-15)20(26)27-2/h3-11H,12H2,1-2H3. The van der Waals surface area contributed by atoms with Gasteiger partial charge in [-0.1, -0.05) is 46.8 Å². The summed E-state index contributed by atoms with van der Waals surface area (Å²) in [7, 11) is 1.33. The fourth-order valence-electron chi connectivity index (χ4n) is 2.81. The Bertz CT molecular complexity index is 1120. The van der Waals surface area contributed by atoms with Crippen LogP contribution in [-0.2, 0) is 11.3 Å². The highest BCUT2D eigenvalue weighted by atomic mass is 16.5. The first-order valence-corrected chi connectivity index (χ1v) is 8.62. The Balaban J connectivity index is 1.61.